The molecule has 2 N–H and O–H groups in total. The van der Waals surface area contributed by atoms with Crippen LogP contribution < -0.4 is 5.73 Å². The zero-order valence-electron chi connectivity index (χ0n) is 7.10. The fourth-order valence-corrected chi connectivity index (χ4v) is 1.16. The van der Waals surface area contributed by atoms with Gasteiger partial charge in [0.15, 0.2) is 0 Å². The van der Waals surface area contributed by atoms with Crippen molar-refractivity contribution in [2.75, 3.05) is 6.61 Å². The fourth-order valence-electron chi connectivity index (χ4n) is 1.16. The number of ether oxygens (including phenoxy) is 1. The standard InChI is InChI=1S/C8H12F3NO/c9-8(10,11)4-3-6(12)7-2-1-5-13-7/h2,6H,1,3-5,12H2. The molecule has 1 unspecified atom stereocenters. The van der Waals surface area contributed by atoms with Gasteiger partial charge in [0.1, 0.15) is 5.76 Å². The summed E-state index contributed by atoms with van der Waals surface area (Å²) in [6.07, 6.45) is -2.59. The number of hydrogen-bond donors (Lipinski definition) is 1. The van der Waals surface area contributed by atoms with E-state index in [0.717, 1.165) is 6.42 Å². The Hall–Kier alpha value is -0.710. The molecule has 0 aromatic heterocycles. The van der Waals surface area contributed by atoms with E-state index in [0.29, 0.717) is 12.4 Å². The van der Waals surface area contributed by atoms with Gasteiger partial charge in [0, 0.05) is 12.8 Å². The number of rotatable bonds is 3. The molecule has 0 fully saturated rings. The zero-order valence-corrected chi connectivity index (χ0v) is 7.10. The van der Waals surface area contributed by atoms with Crippen LogP contribution in [0.3, 0.4) is 0 Å². The van der Waals surface area contributed by atoms with Gasteiger partial charge in [-0.3, -0.25) is 0 Å². The van der Waals surface area contributed by atoms with Crippen molar-refractivity contribution in [1.82, 2.24) is 0 Å². The lowest BCUT2D eigenvalue weighted by molar-refractivity contribution is -0.136. The van der Waals surface area contributed by atoms with E-state index in [9.17, 15) is 13.2 Å². The average molecular weight is 195 g/mol. The molecule has 2 nitrogen and oxygen atoms in total. The van der Waals surface area contributed by atoms with Crippen LogP contribution in [-0.2, 0) is 4.74 Å². The number of hydrogen-bond acceptors (Lipinski definition) is 2. The van der Waals surface area contributed by atoms with Crippen molar-refractivity contribution < 1.29 is 17.9 Å². The SMILES string of the molecule is NC(CCC(F)(F)F)C1=CCCO1. The Morgan fingerprint density at radius 1 is 1.54 bits per heavy atom. The Morgan fingerprint density at radius 2 is 2.23 bits per heavy atom. The van der Waals surface area contributed by atoms with Gasteiger partial charge >= 0.3 is 6.18 Å². The van der Waals surface area contributed by atoms with Gasteiger partial charge in [-0.25, -0.2) is 0 Å². The molecule has 5 heteroatoms. The highest BCUT2D eigenvalue weighted by Gasteiger charge is 2.28. The molecule has 0 aliphatic carbocycles. The van der Waals surface area contributed by atoms with E-state index in [1.54, 1.807) is 6.08 Å². The molecule has 1 atom stereocenters. The maximum absolute atomic E-state index is 11.8. The van der Waals surface area contributed by atoms with Gasteiger partial charge in [0.2, 0.25) is 0 Å². The summed E-state index contributed by atoms with van der Waals surface area (Å²) in [5.74, 6) is 0.504. The van der Waals surface area contributed by atoms with Crippen LogP contribution in [-0.4, -0.2) is 18.8 Å². The van der Waals surface area contributed by atoms with Gasteiger partial charge in [0.25, 0.3) is 0 Å². The molecule has 0 aromatic carbocycles. The van der Waals surface area contributed by atoms with Crippen LogP contribution in [0.4, 0.5) is 13.2 Å². The topological polar surface area (TPSA) is 35.2 Å². The Labute approximate surface area is 74.5 Å². The first-order valence-corrected chi connectivity index (χ1v) is 4.14. The Bertz CT molecular complexity index is 200. The molecule has 0 saturated heterocycles. The molecule has 1 aliphatic rings. The van der Waals surface area contributed by atoms with E-state index in [4.69, 9.17) is 10.5 Å². The zero-order chi connectivity index (χ0) is 9.90. The number of alkyl halides is 3. The second kappa shape index (κ2) is 4.00. The molecule has 0 bridgehead atoms. The third kappa shape index (κ3) is 3.67. The summed E-state index contributed by atoms with van der Waals surface area (Å²) in [4.78, 5) is 0. The molecular weight excluding hydrogens is 183 g/mol. The number of nitrogens with two attached hydrogens (primary N) is 1. The molecule has 0 saturated carbocycles. The van der Waals surface area contributed by atoms with Crippen molar-refractivity contribution in [3.63, 3.8) is 0 Å². The number of halogens is 3. The molecule has 0 spiro atoms. The summed E-state index contributed by atoms with van der Waals surface area (Å²) in [6.45, 7) is 0.537. The minimum atomic E-state index is -4.13. The van der Waals surface area contributed by atoms with E-state index < -0.39 is 18.6 Å². The molecule has 1 rings (SSSR count). The van der Waals surface area contributed by atoms with E-state index in [2.05, 4.69) is 0 Å². The third-order valence-corrected chi connectivity index (χ3v) is 1.84. The van der Waals surface area contributed by atoms with Crippen LogP contribution in [0.1, 0.15) is 19.3 Å². The van der Waals surface area contributed by atoms with Crippen molar-refractivity contribution in [3.8, 4) is 0 Å². The normalized spacial score (nSPS) is 19.5. The lowest BCUT2D eigenvalue weighted by Gasteiger charge is -2.14. The van der Waals surface area contributed by atoms with Crippen LogP contribution >= 0.6 is 0 Å². The van der Waals surface area contributed by atoms with Gasteiger partial charge in [-0.15, -0.1) is 0 Å². The molecule has 1 aliphatic heterocycles. The van der Waals surface area contributed by atoms with Crippen LogP contribution in [0.5, 0.6) is 0 Å². The predicted molar refractivity (Wildman–Crippen MR) is 41.9 cm³/mol. The van der Waals surface area contributed by atoms with Crippen LogP contribution in [0.15, 0.2) is 11.8 Å². The van der Waals surface area contributed by atoms with E-state index in [1.807, 2.05) is 0 Å². The molecule has 0 aromatic rings. The fraction of sp³-hybridized carbons (Fsp3) is 0.750. The first-order valence-electron chi connectivity index (χ1n) is 4.14. The summed E-state index contributed by atoms with van der Waals surface area (Å²) in [5, 5.41) is 0. The predicted octanol–water partition coefficient (Wildman–Crippen LogP) is 1.96. The monoisotopic (exact) mass is 195 g/mol. The second-order valence-electron chi connectivity index (χ2n) is 3.00. The van der Waals surface area contributed by atoms with Gasteiger partial charge in [-0.1, -0.05) is 0 Å². The summed E-state index contributed by atoms with van der Waals surface area (Å²) >= 11 is 0. The van der Waals surface area contributed by atoms with Gasteiger partial charge in [-0.05, 0) is 12.5 Å². The van der Waals surface area contributed by atoms with Crippen molar-refractivity contribution in [1.29, 1.82) is 0 Å². The maximum Gasteiger partial charge on any atom is 0.389 e. The highest BCUT2D eigenvalue weighted by Crippen LogP contribution is 2.24. The average Bonchev–Trinajstić information content (AvgIpc) is 2.50. The van der Waals surface area contributed by atoms with E-state index in [-0.39, 0.29) is 6.42 Å². The van der Waals surface area contributed by atoms with Crippen molar-refractivity contribution >= 4 is 0 Å². The Balaban J connectivity index is 2.29. The molecule has 0 amide bonds. The van der Waals surface area contributed by atoms with E-state index in [1.165, 1.54) is 0 Å². The van der Waals surface area contributed by atoms with Gasteiger partial charge < -0.3 is 10.5 Å². The molecule has 13 heavy (non-hydrogen) atoms. The minimum Gasteiger partial charge on any atom is -0.496 e. The first-order chi connectivity index (χ1) is 5.99. The smallest absolute Gasteiger partial charge is 0.389 e. The Kier molecular flexibility index (Phi) is 3.19. The summed E-state index contributed by atoms with van der Waals surface area (Å²) in [5.41, 5.74) is 5.49. The summed E-state index contributed by atoms with van der Waals surface area (Å²) < 4.78 is 40.4. The second-order valence-corrected chi connectivity index (χ2v) is 3.00. The van der Waals surface area contributed by atoms with Crippen LogP contribution in [0.25, 0.3) is 0 Å². The molecular formula is C8H12F3NO. The van der Waals surface area contributed by atoms with Crippen molar-refractivity contribution in [2.45, 2.75) is 31.5 Å². The summed E-state index contributed by atoms with van der Waals surface area (Å²) in [6, 6.07) is -0.607. The highest BCUT2D eigenvalue weighted by atomic mass is 19.4. The highest BCUT2D eigenvalue weighted by molar-refractivity contribution is 5.05. The minimum absolute atomic E-state index is 0.102. The van der Waals surface area contributed by atoms with Crippen molar-refractivity contribution in [3.05, 3.63) is 11.8 Å². The quantitative estimate of drug-likeness (QED) is 0.747. The molecule has 1 heterocycles. The third-order valence-electron chi connectivity index (χ3n) is 1.84. The van der Waals surface area contributed by atoms with Gasteiger partial charge in [-0.2, -0.15) is 13.2 Å². The van der Waals surface area contributed by atoms with Crippen LogP contribution in [0, 0.1) is 0 Å². The molecule has 0 radical (unpaired) electrons. The maximum atomic E-state index is 11.8. The lowest BCUT2D eigenvalue weighted by atomic mass is 10.1. The van der Waals surface area contributed by atoms with Crippen molar-refractivity contribution in [2.24, 2.45) is 5.73 Å². The lowest BCUT2D eigenvalue weighted by Crippen LogP contribution is -2.25. The molecule has 76 valence electrons. The van der Waals surface area contributed by atoms with E-state index >= 15 is 0 Å². The first kappa shape index (κ1) is 10.4. The largest absolute Gasteiger partial charge is 0.496 e. The van der Waals surface area contributed by atoms with Crippen LogP contribution in [0.2, 0.25) is 0 Å². The Morgan fingerprint density at radius 3 is 2.69 bits per heavy atom. The van der Waals surface area contributed by atoms with Gasteiger partial charge in [0.05, 0.1) is 12.6 Å². The summed E-state index contributed by atoms with van der Waals surface area (Å²) in [7, 11) is 0.